The second-order valence-corrected chi connectivity index (χ2v) is 6.73. The summed E-state index contributed by atoms with van der Waals surface area (Å²) in [5.41, 5.74) is 2.90. The van der Waals surface area contributed by atoms with Gasteiger partial charge in [-0.15, -0.1) is 0 Å². The van der Waals surface area contributed by atoms with Gasteiger partial charge in [0, 0.05) is 4.83 Å². The second-order valence-electron chi connectivity index (χ2n) is 5.56. The molecule has 1 aliphatic carbocycles. The minimum atomic E-state index is 0.728. The molecule has 0 spiro atoms. The largest absolute Gasteiger partial charge is 0.0888 e. The number of rotatable bonds is 3. The van der Waals surface area contributed by atoms with Crippen molar-refractivity contribution in [2.24, 2.45) is 11.8 Å². The fourth-order valence-corrected chi connectivity index (χ4v) is 3.72. The van der Waals surface area contributed by atoms with Crippen LogP contribution in [0.3, 0.4) is 0 Å². The van der Waals surface area contributed by atoms with Gasteiger partial charge < -0.3 is 0 Å². The molecule has 0 aromatic heterocycles. The molecule has 0 saturated heterocycles. The van der Waals surface area contributed by atoms with Crippen molar-refractivity contribution in [3.63, 3.8) is 0 Å². The van der Waals surface area contributed by atoms with E-state index in [9.17, 15) is 0 Å². The number of alkyl halides is 1. The quantitative estimate of drug-likeness (QED) is 0.678. The third-order valence-electron chi connectivity index (χ3n) is 4.16. The molecule has 1 aromatic carbocycles. The lowest BCUT2D eigenvalue weighted by Crippen LogP contribution is -2.26. The van der Waals surface area contributed by atoms with Crippen LogP contribution in [0.15, 0.2) is 24.3 Å². The average Bonchev–Trinajstić information content (AvgIpc) is 2.32. The summed E-state index contributed by atoms with van der Waals surface area (Å²) in [6, 6.07) is 9.00. The van der Waals surface area contributed by atoms with Gasteiger partial charge in [-0.3, -0.25) is 0 Å². The van der Waals surface area contributed by atoms with E-state index in [-0.39, 0.29) is 0 Å². The third-order valence-corrected chi connectivity index (χ3v) is 5.36. The molecule has 94 valence electrons. The van der Waals surface area contributed by atoms with Crippen molar-refractivity contribution in [1.82, 2.24) is 0 Å². The minimum Gasteiger partial charge on any atom is -0.0888 e. The molecule has 0 N–H and O–H groups in total. The van der Waals surface area contributed by atoms with E-state index < -0.39 is 0 Å². The van der Waals surface area contributed by atoms with Gasteiger partial charge in [0.15, 0.2) is 0 Å². The van der Waals surface area contributed by atoms with E-state index in [0.717, 1.165) is 16.7 Å². The SMILES string of the molecule is CCC1CCC(Br)C(Cc2cccc(C)c2)C1. The molecule has 1 fully saturated rings. The third kappa shape index (κ3) is 3.58. The van der Waals surface area contributed by atoms with Gasteiger partial charge in [0.1, 0.15) is 0 Å². The second kappa shape index (κ2) is 6.04. The van der Waals surface area contributed by atoms with Crippen LogP contribution in [-0.2, 0) is 6.42 Å². The Morgan fingerprint density at radius 3 is 2.82 bits per heavy atom. The van der Waals surface area contributed by atoms with Crippen LogP contribution in [0, 0.1) is 18.8 Å². The van der Waals surface area contributed by atoms with Gasteiger partial charge in [-0.2, -0.15) is 0 Å². The molecule has 0 heterocycles. The molecular formula is C16H23Br. The van der Waals surface area contributed by atoms with Crippen LogP contribution in [0.4, 0.5) is 0 Å². The molecule has 0 bridgehead atoms. The highest BCUT2D eigenvalue weighted by molar-refractivity contribution is 9.09. The van der Waals surface area contributed by atoms with Gasteiger partial charge in [-0.1, -0.05) is 59.1 Å². The fourth-order valence-electron chi connectivity index (χ4n) is 3.05. The maximum Gasteiger partial charge on any atom is 0.0177 e. The van der Waals surface area contributed by atoms with Crippen molar-refractivity contribution < 1.29 is 0 Å². The Bertz CT molecular complexity index is 358. The first-order valence-electron chi connectivity index (χ1n) is 6.88. The van der Waals surface area contributed by atoms with E-state index >= 15 is 0 Å². The number of benzene rings is 1. The van der Waals surface area contributed by atoms with Crippen molar-refractivity contribution in [2.75, 3.05) is 0 Å². The molecule has 1 heteroatoms. The summed E-state index contributed by atoms with van der Waals surface area (Å²) in [7, 11) is 0. The Kier molecular flexibility index (Phi) is 4.67. The molecule has 2 rings (SSSR count). The fraction of sp³-hybridized carbons (Fsp3) is 0.625. The van der Waals surface area contributed by atoms with E-state index in [1.54, 1.807) is 0 Å². The van der Waals surface area contributed by atoms with Crippen LogP contribution in [0.25, 0.3) is 0 Å². The van der Waals surface area contributed by atoms with Crippen LogP contribution in [-0.4, -0.2) is 4.83 Å². The molecule has 0 radical (unpaired) electrons. The lowest BCUT2D eigenvalue weighted by molar-refractivity contribution is 0.271. The molecule has 1 saturated carbocycles. The van der Waals surface area contributed by atoms with Crippen LogP contribution >= 0.6 is 15.9 Å². The van der Waals surface area contributed by atoms with Gasteiger partial charge in [0.2, 0.25) is 0 Å². The zero-order valence-electron chi connectivity index (χ0n) is 11.0. The van der Waals surface area contributed by atoms with Gasteiger partial charge in [-0.05, 0) is 50.0 Å². The molecule has 1 aliphatic rings. The van der Waals surface area contributed by atoms with Crippen molar-refractivity contribution in [3.05, 3.63) is 35.4 Å². The summed E-state index contributed by atoms with van der Waals surface area (Å²) < 4.78 is 0. The molecule has 1 aromatic rings. The summed E-state index contributed by atoms with van der Waals surface area (Å²) in [5.74, 6) is 1.79. The zero-order valence-corrected chi connectivity index (χ0v) is 12.5. The van der Waals surface area contributed by atoms with Crippen LogP contribution in [0.2, 0.25) is 0 Å². The maximum absolute atomic E-state index is 3.89. The Morgan fingerprint density at radius 2 is 2.12 bits per heavy atom. The monoisotopic (exact) mass is 294 g/mol. The zero-order chi connectivity index (χ0) is 12.3. The van der Waals surface area contributed by atoms with Gasteiger partial charge in [0.05, 0.1) is 0 Å². The highest BCUT2D eigenvalue weighted by Crippen LogP contribution is 2.37. The van der Waals surface area contributed by atoms with E-state index in [1.807, 2.05) is 0 Å². The average molecular weight is 295 g/mol. The first-order valence-corrected chi connectivity index (χ1v) is 7.80. The Labute approximate surface area is 114 Å². The van der Waals surface area contributed by atoms with Gasteiger partial charge in [-0.25, -0.2) is 0 Å². The number of halogens is 1. The first-order chi connectivity index (χ1) is 8.19. The van der Waals surface area contributed by atoms with Crippen molar-refractivity contribution in [3.8, 4) is 0 Å². The number of hydrogen-bond acceptors (Lipinski definition) is 0. The van der Waals surface area contributed by atoms with E-state index in [4.69, 9.17) is 0 Å². The van der Waals surface area contributed by atoms with E-state index in [2.05, 4.69) is 54.0 Å². The van der Waals surface area contributed by atoms with Crippen LogP contribution < -0.4 is 0 Å². The molecule has 17 heavy (non-hydrogen) atoms. The van der Waals surface area contributed by atoms with E-state index in [1.165, 1.54) is 43.2 Å². The van der Waals surface area contributed by atoms with Crippen LogP contribution in [0.1, 0.15) is 43.7 Å². The summed E-state index contributed by atoms with van der Waals surface area (Å²) in [4.78, 5) is 0.728. The molecule has 0 aliphatic heterocycles. The first kappa shape index (κ1) is 13.1. The molecule has 3 atom stereocenters. The molecule has 0 amide bonds. The predicted molar refractivity (Wildman–Crippen MR) is 78.7 cm³/mol. The lowest BCUT2D eigenvalue weighted by Gasteiger charge is -2.33. The molecule has 0 nitrogen and oxygen atoms in total. The Morgan fingerprint density at radius 1 is 1.29 bits per heavy atom. The normalized spacial score (nSPS) is 29.2. The maximum atomic E-state index is 3.89. The Balaban J connectivity index is 2.01. The predicted octanol–water partition coefficient (Wildman–Crippen LogP) is 5.13. The standard InChI is InChI=1S/C16H23Br/c1-3-13-7-8-16(17)15(10-13)11-14-6-4-5-12(2)9-14/h4-6,9,13,15-16H,3,7-8,10-11H2,1-2H3. The highest BCUT2D eigenvalue weighted by Gasteiger charge is 2.27. The van der Waals surface area contributed by atoms with Crippen molar-refractivity contribution in [1.29, 1.82) is 0 Å². The smallest absolute Gasteiger partial charge is 0.0177 e. The lowest BCUT2D eigenvalue weighted by atomic mass is 9.77. The van der Waals surface area contributed by atoms with Crippen molar-refractivity contribution >= 4 is 15.9 Å². The van der Waals surface area contributed by atoms with Crippen LogP contribution in [0.5, 0.6) is 0 Å². The van der Waals surface area contributed by atoms with Gasteiger partial charge >= 0.3 is 0 Å². The number of hydrogen-bond donors (Lipinski definition) is 0. The van der Waals surface area contributed by atoms with Gasteiger partial charge in [0.25, 0.3) is 0 Å². The minimum absolute atomic E-state index is 0.728. The molecule has 3 unspecified atom stereocenters. The topological polar surface area (TPSA) is 0 Å². The number of aryl methyl sites for hydroxylation is 1. The summed E-state index contributed by atoms with van der Waals surface area (Å²) in [6.07, 6.45) is 6.77. The van der Waals surface area contributed by atoms with E-state index in [0.29, 0.717) is 0 Å². The summed E-state index contributed by atoms with van der Waals surface area (Å²) in [5, 5.41) is 0. The Hall–Kier alpha value is -0.300. The highest BCUT2D eigenvalue weighted by atomic mass is 79.9. The summed E-state index contributed by atoms with van der Waals surface area (Å²) in [6.45, 7) is 4.52. The molecular weight excluding hydrogens is 272 g/mol. The summed E-state index contributed by atoms with van der Waals surface area (Å²) >= 11 is 3.89. The van der Waals surface area contributed by atoms with Crippen molar-refractivity contribution in [2.45, 2.75) is 50.8 Å².